The van der Waals surface area contributed by atoms with Gasteiger partial charge in [-0.1, -0.05) is 24.6 Å². The lowest BCUT2D eigenvalue weighted by atomic mass is 10.00. The lowest BCUT2D eigenvalue weighted by molar-refractivity contribution is -0.0878. The van der Waals surface area contributed by atoms with E-state index >= 15 is 0 Å². The molecule has 1 heterocycles. The molecule has 0 amide bonds. The fourth-order valence-electron chi connectivity index (χ4n) is 2.91. The average Bonchev–Trinajstić information content (AvgIpc) is 2.48. The maximum absolute atomic E-state index is 10.5. The van der Waals surface area contributed by atoms with Crippen LogP contribution in [0, 0.1) is 6.92 Å². The van der Waals surface area contributed by atoms with Crippen LogP contribution in [0.5, 0.6) is 5.75 Å². The number of rotatable bonds is 6. The highest BCUT2D eigenvalue weighted by molar-refractivity contribution is 5.37. The summed E-state index contributed by atoms with van der Waals surface area (Å²) in [5.41, 5.74) is 2.22. The van der Waals surface area contributed by atoms with Gasteiger partial charge in [0.05, 0.1) is 25.9 Å². The number of aryl methyl sites for hydroxylation is 1. The van der Waals surface area contributed by atoms with Gasteiger partial charge in [0.1, 0.15) is 5.75 Å². The Morgan fingerprint density at radius 1 is 1.48 bits per heavy atom. The van der Waals surface area contributed by atoms with Crippen molar-refractivity contribution in [3.8, 4) is 5.75 Å². The molecule has 2 atom stereocenters. The Morgan fingerprint density at radius 3 is 3.00 bits per heavy atom. The van der Waals surface area contributed by atoms with E-state index in [9.17, 15) is 5.11 Å². The molecule has 21 heavy (non-hydrogen) atoms. The van der Waals surface area contributed by atoms with Crippen LogP contribution in [0.2, 0.25) is 0 Å². The van der Waals surface area contributed by atoms with Crippen molar-refractivity contribution in [2.75, 3.05) is 33.4 Å². The Bertz CT molecular complexity index is 448. The van der Waals surface area contributed by atoms with Crippen molar-refractivity contribution in [3.63, 3.8) is 0 Å². The summed E-state index contributed by atoms with van der Waals surface area (Å²) in [4.78, 5) is 2.37. The molecule has 1 N–H and O–H groups in total. The zero-order valence-corrected chi connectivity index (χ0v) is 13.3. The molecule has 0 aromatic heterocycles. The van der Waals surface area contributed by atoms with Crippen molar-refractivity contribution < 1.29 is 14.6 Å². The molecule has 1 aromatic carbocycles. The highest BCUT2D eigenvalue weighted by atomic mass is 16.5. The van der Waals surface area contributed by atoms with Gasteiger partial charge in [-0.05, 0) is 31.5 Å². The van der Waals surface area contributed by atoms with E-state index in [-0.39, 0.29) is 6.10 Å². The van der Waals surface area contributed by atoms with Gasteiger partial charge in [-0.2, -0.15) is 0 Å². The number of morpholine rings is 1. The highest BCUT2D eigenvalue weighted by Crippen LogP contribution is 2.23. The third kappa shape index (κ3) is 4.43. The van der Waals surface area contributed by atoms with E-state index in [1.54, 1.807) is 7.11 Å². The van der Waals surface area contributed by atoms with Gasteiger partial charge >= 0.3 is 0 Å². The number of nitrogens with zero attached hydrogens (tertiary/aromatic N) is 1. The molecule has 0 spiro atoms. The van der Waals surface area contributed by atoms with E-state index in [4.69, 9.17) is 9.47 Å². The quantitative estimate of drug-likeness (QED) is 0.871. The summed E-state index contributed by atoms with van der Waals surface area (Å²) in [7, 11) is 1.67. The van der Waals surface area contributed by atoms with E-state index < -0.39 is 6.10 Å². The smallest absolute Gasteiger partial charge is 0.122 e. The molecule has 1 aliphatic rings. The van der Waals surface area contributed by atoms with Crippen molar-refractivity contribution in [2.24, 2.45) is 0 Å². The van der Waals surface area contributed by atoms with Gasteiger partial charge in [-0.25, -0.2) is 0 Å². The fraction of sp³-hybridized carbons (Fsp3) is 0.647. The first-order valence-corrected chi connectivity index (χ1v) is 7.79. The second kappa shape index (κ2) is 7.78. The maximum Gasteiger partial charge on any atom is 0.122 e. The molecule has 1 aliphatic heterocycles. The number of ether oxygens (including phenoxy) is 2. The van der Waals surface area contributed by atoms with Gasteiger partial charge in [0.25, 0.3) is 0 Å². The first kappa shape index (κ1) is 16.3. The third-order valence-corrected chi connectivity index (χ3v) is 4.01. The van der Waals surface area contributed by atoms with Gasteiger partial charge < -0.3 is 14.6 Å². The monoisotopic (exact) mass is 293 g/mol. The lowest BCUT2D eigenvalue weighted by Gasteiger charge is -2.35. The minimum Gasteiger partial charge on any atom is -0.496 e. The highest BCUT2D eigenvalue weighted by Gasteiger charge is 2.27. The van der Waals surface area contributed by atoms with Crippen LogP contribution in [0.4, 0.5) is 0 Å². The Balaban J connectivity index is 2.00. The molecule has 0 aliphatic carbocycles. The molecule has 2 rings (SSSR count). The summed E-state index contributed by atoms with van der Waals surface area (Å²) < 4.78 is 11.1. The Morgan fingerprint density at radius 2 is 2.29 bits per heavy atom. The van der Waals surface area contributed by atoms with Crippen molar-refractivity contribution in [1.29, 1.82) is 0 Å². The van der Waals surface area contributed by atoms with E-state index in [0.29, 0.717) is 13.0 Å². The summed E-state index contributed by atoms with van der Waals surface area (Å²) in [6, 6.07) is 6.06. The SMILES string of the molecule is CCCN1CCOC(C(O)Cc2cc(C)ccc2OC)C1. The molecule has 0 saturated carbocycles. The number of hydrogen-bond acceptors (Lipinski definition) is 4. The molecule has 1 aromatic rings. The van der Waals surface area contributed by atoms with Gasteiger partial charge in [0.2, 0.25) is 0 Å². The summed E-state index contributed by atoms with van der Waals surface area (Å²) in [5.74, 6) is 0.834. The van der Waals surface area contributed by atoms with Crippen LogP contribution in [0.1, 0.15) is 24.5 Å². The zero-order chi connectivity index (χ0) is 15.2. The minimum atomic E-state index is -0.500. The molecular weight excluding hydrogens is 266 g/mol. The number of aliphatic hydroxyl groups excluding tert-OH is 1. The fourth-order valence-corrected chi connectivity index (χ4v) is 2.91. The van der Waals surface area contributed by atoms with Crippen LogP contribution in [0.15, 0.2) is 18.2 Å². The molecule has 4 heteroatoms. The van der Waals surface area contributed by atoms with Crippen molar-refractivity contribution in [1.82, 2.24) is 4.90 Å². The van der Waals surface area contributed by atoms with Gasteiger partial charge in [-0.3, -0.25) is 4.90 Å². The summed E-state index contributed by atoms with van der Waals surface area (Å²) in [5, 5.41) is 10.5. The Labute approximate surface area is 127 Å². The second-order valence-corrected chi connectivity index (χ2v) is 5.80. The molecule has 118 valence electrons. The standard InChI is InChI=1S/C17H27NO3/c1-4-7-18-8-9-21-17(12-18)15(19)11-14-10-13(2)5-6-16(14)20-3/h5-6,10,15,17,19H,4,7-9,11-12H2,1-3H3. The molecule has 0 radical (unpaired) electrons. The minimum absolute atomic E-state index is 0.115. The molecular formula is C17H27NO3. The van der Waals surface area contributed by atoms with Crippen LogP contribution in [0.3, 0.4) is 0 Å². The van der Waals surface area contributed by atoms with Crippen molar-refractivity contribution in [3.05, 3.63) is 29.3 Å². The average molecular weight is 293 g/mol. The first-order chi connectivity index (χ1) is 10.1. The third-order valence-electron chi connectivity index (χ3n) is 4.01. The largest absolute Gasteiger partial charge is 0.496 e. The van der Waals surface area contributed by atoms with Crippen LogP contribution in [0.25, 0.3) is 0 Å². The second-order valence-electron chi connectivity index (χ2n) is 5.80. The summed E-state index contributed by atoms with van der Waals surface area (Å²) in [6.45, 7) is 7.77. The van der Waals surface area contributed by atoms with E-state index in [1.165, 1.54) is 5.56 Å². The van der Waals surface area contributed by atoms with Gasteiger partial charge in [0, 0.05) is 19.5 Å². The van der Waals surface area contributed by atoms with Crippen LogP contribution in [-0.2, 0) is 11.2 Å². The topological polar surface area (TPSA) is 41.9 Å². The summed E-state index contributed by atoms with van der Waals surface area (Å²) >= 11 is 0. The van der Waals surface area contributed by atoms with E-state index in [1.807, 2.05) is 12.1 Å². The summed E-state index contributed by atoms with van der Waals surface area (Å²) in [6.07, 6.45) is 1.08. The lowest BCUT2D eigenvalue weighted by Crippen LogP contribution is -2.48. The Kier molecular flexibility index (Phi) is 6.03. The number of methoxy groups -OCH3 is 1. The van der Waals surface area contributed by atoms with Crippen molar-refractivity contribution in [2.45, 2.75) is 38.9 Å². The number of benzene rings is 1. The maximum atomic E-state index is 10.5. The molecule has 4 nitrogen and oxygen atoms in total. The van der Waals surface area contributed by atoms with Crippen LogP contribution in [-0.4, -0.2) is 55.6 Å². The van der Waals surface area contributed by atoms with Gasteiger partial charge in [-0.15, -0.1) is 0 Å². The van der Waals surface area contributed by atoms with E-state index in [2.05, 4.69) is 24.8 Å². The predicted octanol–water partition coefficient (Wildman–Crippen LogP) is 2.02. The first-order valence-electron chi connectivity index (χ1n) is 7.79. The molecule has 2 unspecified atom stereocenters. The number of hydrogen-bond donors (Lipinski definition) is 1. The molecule has 1 saturated heterocycles. The molecule has 0 bridgehead atoms. The predicted molar refractivity (Wildman–Crippen MR) is 83.9 cm³/mol. The van der Waals surface area contributed by atoms with Crippen LogP contribution < -0.4 is 4.74 Å². The van der Waals surface area contributed by atoms with Crippen LogP contribution >= 0.6 is 0 Å². The number of aliphatic hydroxyl groups is 1. The normalized spacial score (nSPS) is 21.2. The van der Waals surface area contributed by atoms with Crippen molar-refractivity contribution >= 4 is 0 Å². The van der Waals surface area contributed by atoms with Gasteiger partial charge in [0.15, 0.2) is 0 Å². The molecule has 1 fully saturated rings. The Hall–Kier alpha value is -1.10. The zero-order valence-electron chi connectivity index (χ0n) is 13.3. The van der Waals surface area contributed by atoms with E-state index in [0.717, 1.165) is 37.4 Å².